The van der Waals surface area contributed by atoms with E-state index in [0.29, 0.717) is 24.6 Å². The molecule has 2 rings (SSSR count). The van der Waals surface area contributed by atoms with Crippen molar-refractivity contribution in [3.05, 3.63) is 29.7 Å². The average Bonchev–Trinajstić information content (AvgIpc) is 3.05. The molecule has 19 heavy (non-hydrogen) atoms. The maximum atomic E-state index is 11.6. The van der Waals surface area contributed by atoms with Gasteiger partial charge in [-0.05, 0) is 12.0 Å². The predicted octanol–water partition coefficient (Wildman–Crippen LogP) is 1.17. The van der Waals surface area contributed by atoms with Crippen molar-refractivity contribution in [2.45, 2.75) is 39.2 Å². The Morgan fingerprint density at radius 3 is 3.00 bits per heavy atom. The first-order valence-electron chi connectivity index (χ1n) is 6.22. The molecule has 0 saturated heterocycles. The van der Waals surface area contributed by atoms with Gasteiger partial charge in [-0.3, -0.25) is 9.89 Å². The Morgan fingerprint density at radius 1 is 1.53 bits per heavy atom. The molecule has 7 heteroatoms. The summed E-state index contributed by atoms with van der Waals surface area (Å²) in [6, 6.07) is 0. The molecule has 7 nitrogen and oxygen atoms in total. The monoisotopic (exact) mass is 263 g/mol. The molecule has 0 fully saturated rings. The first kappa shape index (κ1) is 13.3. The van der Waals surface area contributed by atoms with E-state index in [1.165, 1.54) is 0 Å². The predicted molar refractivity (Wildman–Crippen MR) is 67.1 cm³/mol. The van der Waals surface area contributed by atoms with Gasteiger partial charge in [-0.25, -0.2) is 0 Å². The number of aryl methyl sites for hydroxylation is 1. The molecule has 2 aromatic rings. The summed E-state index contributed by atoms with van der Waals surface area (Å²) in [4.78, 5) is 15.8. The first-order chi connectivity index (χ1) is 9.15. The van der Waals surface area contributed by atoms with Crippen LogP contribution in [-0.4, -0.2) is 26.2 Å². The fraction of sp³-hybridized carbons (Fsp3) is 0.500. The highest BCUT2D eigenvalue weighted by Crippen LogP contribution is 2.09. The van der Waals surface area contributed by atoms with Crippen molar-refractivity contribution in [3.8, 4) is 0 Å². The lowest BCUT2D eigenvalue weighted by Gasteiger charge is -2.00. The number of amides is 1. The van der Waals surface area contributed by atoms with Gasteiger partial charge in [0.1, 0.15) is 0 Å². The summed E-state index contributed by atoms with van der Waals surface area (Å²) in [6.45, 7) is 4.24. The van der Waals surface area contributed by atoms with E-state index in [2.05, 4.69) is 25.7 Å². The number of rotatable bonds is 6. The highest BCUT2D eigenvalue weighted by molar-refractivity contribution is 5.75. The van der Waals surface area contributed by atoms with E-state index in [-0.39, 0.29) is 18.4 Å². The van der Waals surface area contributed by atoms with E-state index >= 15 is 0 Å². The van der Waals surface area contributed by atoms with Crippen LogP contribution in [0.5, 0.6) is 0 Å². The quantitative estimate of drug-likeness (QED) is 0.815. The van der Waals surface area contributed by atoms with Crippen LogP contribution in [0.3, 0.4) is 0 Å². The van der Waals surface area contributed by atoms with Crippen LogP contribution in [0.25, 0.3) is 0 Å². The van der Waals surface area contributed by atoms with E-state index in [9.17, 15) is 4.79 Å². The molecule has 0 aliphatic heterocycles. The highest BCUT2D eigenvalue weighted by Gasteiger charge is 2.10. The molecule has 2 N–H and O–H groups in total. The molecule has 0 radical (unpaired) electrons. The van der Waals surface area contributed by atoms with Gasteiger partial charge < -0.3 is 9.84 Å². The topological polar surface area (TPSA) is 96.7 Å². The van der Waals surface area contributed by atoms with E-state index < -0.39 is 0 Å². The van der Waals surface area contributed by atoms with Gasteiger partial charge >= 0.3 is 0 Å². The van der Waals surface area contributed by atoms with Gasteiger partial charge in [0.25, 0.3) is 0 Å². The number of aromatic nitrogens is 4. The molecule has 102 valence electrons. The molecule has 0 aromatic carbocycles. The van der Waals surface area contributed by atoms with Crippen molar-refractivity contribution in [1.29, 1.82) is 0 Å². The summed E-state index contributed by atoms with van der Waals surface area (Å²) >= 11 is 0. The SMILES string of the molecule is CC(C)c1noc(CNC(=O)CCc2cn[nH]c2)n1. The van der Waals surface area contributed by atoms with Gasteiger partial charge in [0.15, 0.2) is 5.82 Å². The fourth-order valence-corrected chi connectivity index (χ4v) is 1.51. The van der Waals surface area contributed by atoms with E-state index in [1.807, 2.05) is 13.8 Å². The standard InChI is InChI=1S/C12H17N5O2/c1-8(2)12-16-11(19-17-12)7-13-10(18)4-3-9-5-14-15-6-9/h5-6,8H,3-4,7H2,1-2H3,(H,13,18)(H,14,15). The Bertz CT molecular complexity index is 518. The molecule has 0 atom stereocenters. The Hall–Kier alpha value is -2.18. The molecule has 0 spiro atoms. The van der Waals surface area contributed by atoms with Gasteiger partial charge in [-0.15, -0.1) is 0 Å². The molecule has 2 heterocycles. The van der Waals surface area contributed by atoms with Crippen molar-refractivity contribution in [2.24, 2.45) is 0 Å². The van der Waals surface area contributed by atoms with Crippen molar-refractivity contribution in [1.82, 2.24) is 25.7 Å². The van der Waals surface area contributed by atoms with Gasteiger partial charge in [0, 0.05) is 18.5 Å². The number of H-pyrrole nitrogens is 1. The minimum Gasteiger partial charge on any atom is -0.347 e. The van der Waals surface area contributed by atoms with Gasteiger partial charge in [-0.2, -0.15) is 10.1 Å². The molecule has 0 unspecified atom stereocenters. The molecule has 0 aliphatic carbocycles. The lowest BCUT2D eigenvalue weighted by Crippen LogP contribution is -2.23. The van der Waals surface area contributed by atoms with Crippen LogP contribution in [0.4, 0.5) is 0 Å². The van der Waals surface area contributed by atoms with Crippen LogP contribution in [0.15, 0.2) is 16.9 Å². The summed E-state index contributed by atoms with van der Waals surface area (Å²) in [6.07, 6.45) is 4.55. The average molecular weight is 263 g/mol. The minimum absolute atomic E-state index is 0.0505. The zero-order valence-electron chi connectivity index (χ0n) is 11.0. The van der Waals surface area contributed by atoms with Crippen molar-refractivity contribution in [3.63, 3.8) is 0 Å². The molecule has 0 saturated carbocycles. The summed E-state index contributed by atoms with van der Waals surface area (Å²) < 4.78 is 5.04. The van der Waals surface area contributed by atoms with Crippen LogP contribution in [-0.2, 0) is 17.8 Å². The normalized spacial score (nSPS) is 10.9. The number of carbonyl (C=O) groups excluding carboxylic acids is 1. The third-order valence-electron chi connectivity index (χ3n) is 2.63. The number of nitrogens with zero attached hydrogens (tertiary/aromatic N) is 3. The Morgan fingerprint density at radius 2 is 2.37 bits per heavy atom. The minimum atomic E-state index is -0.0505. The molecule has 0 bridgehead atoms. The number of hydrogen-bond acceptors (Lipinski definition) is 5. The zero-order chi connectivity index (χ0) is 13.7. The molecular weight excluding hydrogens is 246 g/mol. The van der Waals surface area contributed by atoms with Crippen molar-refractivity contribution < 1.29 is 9.32 Å². The molecule has 2 aromatic heterocycles. The van der Waals surface area contributed by atoms with Crippen molar-refractivity contribution in [2.75, 3.05) is 0 Å². The summed E-state index contributed by atoms with van der Waals surface area (Å²) in [5.41, 5.74) is 1.01. The van der Waals surface area contributed by atoms with Crippen LogP contribution >= 0.6 is 0 Å². The molecule has 1 amide bonds. The second-order valence-corrected chi connectivity index (χ2v) is 4.58. The molecule has 0 aliphatic rings. The third-order valence-corrected chi connectivity index (χ3v) is 2.63. The highest BCUT2D eigenvalue weighted by atomic mass is 16.5. The van der Waals surface area contributed by atoms with E-state index in [0.717, 1.165) is 5.56 Å². The van der Waals surface area contributed by atoms with Crippen LogP contribution < -0.4 is 5.32 Å². The lowest BCUT2D eigenvalue weighted by molar-refractivity contribution is -0.121. The zero-order valence-corrected chi connectivity index (χ0v) is 11.0. The van der Waals surface area contributed by atoms with Gasteiger partial charge in [-0.1, -0.05) is 19.0 Å². The number of carbonyl (C=O) groups is 1. The van der Waals surface area contributed by atoms with Crippen LogP contribution in [0, 0.1) is 0 Å². The smallest absolute Gasteiger partial charge is 0.246 e. The second kappa shape index (κ2) is 6.12. The Balaban J connectivity index is 1.73. The van der Waals surface area contributed by atoms with Crippen LogP contribution in [0.1, 0.15) is 43.5 Å². The Labute approximate surface area is 110 Å². The van der Waals surface area contributed by atoms with E-state index in [1.54, 1.807) is 12.4 Å². The second-order valence-electron chi connectivity index (χ2n) is 4.58. The first-order valence-corrected chi connectivity index (χ1v) is 6.22. The molecular formula is C12H17N5O2. The largest absolute Gasteiger partial charge is 0.347 e. The lowest BCUT2D eigenvalue weighted by atomic mass is 10.2. The van der Waals surface area contributed by atoms with E-state index in [4.69, 9.17) is 4.52 Å². The Kier molecular flexibility index (Phi) is 4.27. The third kappa shape index (κ3) is 3.90. The number of aromatic amines is 1. The number of hydrogen-bond donors (Lipinski definition) is 2. The number of nitrogens with one attached hydrogen (secondary N) is 2. The summed E-state index contributed by atoms with van der Waals surface area (Å²) in [5.74, 6) is 1.25. The van der Waals surface area contributed by atoms with Crippen molar-refractivity contribution >= 4 is 5.91 Å². The summed E-state index contributed by atoms with van der Waals surface area (Å²) in [7, 11) is 0. The van der Waals surface area contributed by atoms with Gasteiger partial charge in [0.2, 0.25) is 11.8 Å². The maximum absolute atomic E-state index is 11.6. The fourth-order valence-electron chi connectivity index (χ4n) is 1.51. The van der Waals surface area contributed by atoms with Gasteiger partial charge in [0.05, 0.1) is 12.7 Å². The maximum Gasteiger partial charge on any atom is 0.246 e. The van der Waals surface area contributed by atoms with Crippen LogP contribution in [0.2, 0.25) is 0 Å². The summed E-state index contributed by atoms with van der Waals surface area (Å²) in [5, 5.41) is 13.1.